The third-order valence-corrected chi connectivity index (χ3v) is 11.5. The predicted molar refractivity (Wildman–Crippen MR) is 208 cm³/mol. The van der Waals surface area contributed by atoms with Gasteiger partial charge in [-0.1, -0.05) is 0 Å². The van der Waals surface area contributed by atoms with E-state index >= 15 is 0 Å². The average Bonchev–Trinajstić information content (AvgIpc) is 3.12. The molecule has 0 fully saturated rings. The van der Waals surface area contributed by atoms with Crippen molar-refractivity contribution in [2.45, 2.75) is 9.79 Å². The first kappa shape index (κ1) is 41.2. The number of benzene rings is 4. The Balaban J connectivity index is 1.20. The number of carbonyl (C=O) groups excluding carboxylic acids is 3. The highest BCUT2D eigenvalue weighted by Gasteiger charge is 2.34. The topological polar surface area (TPSA) is 342 Å². The number of hydrazone groups is 2. The van der Waals surface area contributed by atoms with E-state index in [-0.39, 0.29) is 45.0 Å². The van der Waals surface area contributed by atoms with Crippen molar-refractivity contribution >= 4 is 104 Å². The molecule has 4 aromatic carbocycles. The summed E-state index contributed by atoms with van der Waals surface area (Å²) >= 11 is 0. The monoisotopic (exact) mass is 872 g/mol. The molecule has 300 valence electrons. The molecule has 25 heteroatoms. The van der Waals surface area contributed by atoms with Gasteiger partial charge in [0.05, 0.1) is 21.2 Å². The maximum atomic E-state index is 13.3. The van der Waals surface area contributed by atoms with E-state index in [1.165, 1.54) is 60.7 Å². The van der Waals surface area contributed by atoms with Gasteiger partial charge in [-0.25, -0.2) is 4.79 Å². The molecule has 0 radical (unpaired) electrons. The summed E-state index contributed by atoms with van der Waals surface area (Å²) < 4.78 is 132. The molecule has 4 aromatic rings. The standard InChI is InChI=1S/C33H24N6O15S4/c40-31-25-11-5-21(13-17(25)15-27(57(49,50)51)29(31)38-36-19-1-7-23(8-2-19)55(43,44)45)34-33(42)35-22-6-12-26-18(14-22)16-28(58(52,53)54)30(32(26)41)39-37-20-3-9-24(10-4-20)56(46,47)48/h1-16,36-37H,(H2,34,35,42)(H,43,44,45)(H,46,47,48)(H,49,50,51)(H,52,53,54)/b38-29+,39-30+. The summed E-state index contributed by atoms with van der Waals surface area (Å²) in [5.41, 5.74) is 3.23. The van der Waals surface area contributed by atoms with Crippen LogP contribution < -0.4 is 21.5 Å². The molecule has 0 unspecified atom stereocenters. The fourth-order valence-corrected chi connectivity index (χ4v) is 7.65. The lowest BCUT2D eigenvalue weighted by molar-refractivity contribution is 0.105. The first-order valence-corrected chi connectivity index (χ1v) is 21.4. The Hall–Kier alpha value is -6.45. The molecule has 0 saturated carbocycles. The van der Waals surface area contributed by atoms with Crippen LogP contribution >= 0.6 is 0 Å². The number of carbonyl (C=O) groups is 3. The third-order valence-electron chi connectivity index (χ3n) is 8.03. The van der Waals surface area contributed by atoms with Gasteiger partial charge in [-0.05, 0) is 108 Å². The number of amides is 2. The van der Waals surface area contributed by atoms with Crippen LogP contribution in [0.1, 0.15) is 31.8 Å². The second-order valence-corrected chi connectivity index (χ2v) is 17.6. The van der Waals surface area contributed by atoms with Gasteiger partial charge in [0.15, 0.2) is 11.4 Å². The van der Waals surface area contributed by atoms with Gasteiger partial charge in [0.2, 0.25) is 11.6 Å². The van der Waals surface area contributed by atoms with Crippen molar-refractivity contribution in [3.63, 3.8) is 0 Å². The molecule has 0 aromatic heterocycles. The highest BCUT2D eigenvalue weighted by Crippen LogP contribution is 2.30. The van der Waals surface area contributed by atoms with Crippen molar-refractivity contribution in [1.82, 2.24) is 0 Å². The molecule has 58 heavy (non-hydrogen) atoms. The number of urea groups is 1. The summed E-state index contributed by atoms with van der Waals surface area (Å²) in [6.07, 6.45) is 1.84. The Morgan fingerprint density at radius 1 is 0.466 bits per heavy atom. The summed E-state index contributed by atoms with van der Waals surface area (Å²) in [6, 6.07) is 15.3. The Morgan fingerprint density at radius 2 is 0.793 bits per heavy atom. The van der Waals surface area contributed by atoms with Gasteiger partial charge in [-0.2, -0.15) is 43.9 Å². The number of Topliss-reactive ketones (excluding diaryl/α,β-unsaturated/α-hetero) is 2. The zero-order chi connectivity index (χ0) is 42.4. The number of hydrogen-bond donors (Lipinski definition) is 8. The SMILES string of the molecule is O=C(Nc1ccc2c(c1)C=C(S(=O)(=O)O)/C(=N\Nc1ccc(S(=O)(=O)O)cc1)C2=O)Nc1ccc2c(c1)C=C(S(=O)(=O)O)/C(=N\Nc1ccc(S(=O)(=O)O)cc1)C2=O. The van der Waals surface area contributed by atoms with Crippen molar-refractivity contribution in [2.24, 2.45) is 10.2 Å². The van der Waals surface area contributed by atoms with Crippen LogP contribution in [-0.2, 0) is 40.5 Å². The molecule has 0 bridgehead atoms. The lowest BCUT2D eigenvalue weighted by atomic mass is 9.94. The second-order valence-electron chi connectivity index (χ2n) is 12.0. The van der Waals surface area contributed by atoms with E-state index in [9.17, 15) is 57.2 Å². The van der Waals surface area contributed by atoms with Gasteiger partial charge < -0.3 is 10.6 Å². The summed E-state index contributed by atoms with van der Waals surface area (Å²) in [5.74, 6) is -1.91. The van der Waals surface area contributed by atoms with Crippen LogP contribution in [0, 0.1) is 0 Å². The maximum Gasteiger partial charge on any atom is 0.323 e. The number of anilines is 4. The molecule has 0 aliphatic heterocycles. The molecule has 0 atom stereocenters. The van der Waals surface area contributed by atoms with Gasteiger partial charge in [-0.3, -0.25) is 38.7 Å². The smallest absolute Gasteiger partial charge is 0.308 e. The van der Waals surface area contributed by atoms with Crippen LogP contribution in [0.15, 0.2) is 115 Å². The molecule has 0 spiro atoms. The average molecular weight is 873 g/mol. The normalized spacial score (nSPS) is 15.9. The summed E-state index contributed by atoms with van der Waals surface area (Å²) in [4.78, 5) is 36.9. The number of ketones is 2. The Bertz CT molecular complexity index is 2830. The molecule has 0 saturated heterocycles. The van der Waals surface area contributed by atoms with Crippen LogP contribution in [0.25, 0.3) is 12.2 Å². The van der Waals surface area contributed by atoms with Crippen molar-refractivity contribution < 1.29 is 66.3 Å². The van der Waals surface area contributed by atoms with Crippen molar-refractivity contribution in [2.75, 3.05) is 21.5 Å². The minimum absolute atomic E-state index is 0.0232. The first-order chi connectivity index (χ1) is 27.0. The molecule has 2 amide bonds. The number of nitrogens with one attached hydrogen (secondary N) is 4. The van der Waals surface area contributed by atoms with Crippen LogP contribution in [0.5, 0.6) is 0 Å². The molecule has 8 N–H and O–H groups in total. The largest absolute Gasteiger partial charge is 0.323 e. The van der Waals surface area contributed by atoms with E-state index in [0.717, 1.165) is 36.4 Å². The van der Waals surface area contributed by atoms with E-state index < -0.39 is 89.1 Å². The summed E-state index contributed by atoms with van der Waals surface area (Å²) in [5, 5.41) is 12.5. The minimum Gasteiger partial charge on any atom is -0.308 e. The fourth-order valence-electron chi connectivity index (χ4n) is 5.37. The molecule has 6 rings (SSSR count). The highest BCUT2D eigenvalue weighted by molar-refractivity contribution is 7.91. The van der Waals surface area contributed by atoms with Gasteiger partial charge in [0, 0.05) is 22.5 Å². The summed E-state index contributed by atoms with van der Waals surface area (Å²) in [7, 11) is -19.2. The third kappa shape index (κ3) is 9.06. The predicted octanol–water partition coefficient (Wildman–Crippen LogP) is 3.61. The van der Waals surface area contributed by atoms with Gasteiger partial charge in [-0.15, -0.1) is 0 Å². The lowest BCUT2D eigenvalue weighted by Crippen LogP contribution is -2.27. The zero-order valence-electron chi connectivity index (χ0n) is 28.5. The Labute approximate surface area is 327 Å². The Morgan fingerprint density at radius 3 is 1.10 bits per heavy atom. The minimum atomic E-state index is -5.07. The Kier molecular flexibility index (Phi) is 10.8. The van der Waals surface area contributed by atoms with E-state index in [0.29, 0.717) is 0 Å². The molecule has 2 aliphatic carbocycles. The number of allylic oxidation sites excluding steroid dienone is 2. The number of fused-ring (bicyclic) bond motifs is 2. The van der Waals surface area contributed by atoms with Crippen molar-refractivity contribution in [3.8, 4) is 0 Å². The van der Waals surface area contributed by atoms with E-state index in [1.54, 1.807) is 0 Å². The summed E-state index contributed by atoms with van der Waals surface area (Å²) in [6.45, 7) is 0. The van der Waals surface area contributed by atoms with Crippen LogP contribution in [0.4, 0.5) is 27.5 Å². The highest BCUT2D eigenvalue weighted by atomic mass is 32.2. The molecule has 2 aliphatic rings. The van der Waals surface area contributed by atoms with Gasteiger partial charge in [0.1, 0.15) is 9.81 Å². The fraction of sp³-hybridized carbons (Fsp3) is 0. The van der Waals surface area contributed by atoms with E-state index in [4.69, 9.17) is 9.11 Å². The molecule has 0 heterocycles. The van der Waals surface area contributed by atoms with E-state index in [1.807, 2.05) is 0 Å². The zero-order valence-corrected chi connectivity index (χ0v) is 31.8. The lowest BCUT2D eigenvalue weighted by Gasteiger charge is -2.18. The first-order valence-electron chi connectivity index (χ1n) is 15.7. The second kappa shape index (κ2) is 15.1. The number of rotatable bonds is 10. The number of nitrogens with zero attached hydrogens (tertiary/aromatic N) is 2. The molecular formula is C33H24N6O15S4. The van der Waals surface area contributed by atoms with Crippen LogP contribution in [-0.4, -0.2) is 80.9 Å². The van der Waals surface area contributed by atoms with E-state index in [2.05, 4.69) is 31.7 Å². The van der Waals surface area contributed by atoms with Crippen molar-refractivity contribution in [1.29, 1.82) is 0 Å². The van der Waals surface area contributed by atoms with Gasteiger partial charge >= 0.3 is 6.03 Å². The van der Waals surface area contributed by atoms with Gasteiger partial charge in [0.25, 0.3) is 40.5 Å². The van der Waals surface area contributed by atoms with Crippen LogP contribution in [0.2, 0.25) is 0 Å². The van der Waals surface area contributed by atoms with Crippen molar-refractivity contribution in [3.05, 3.63) is 117 Å². The molecule has 21 nitrogen and oxygen atoms in total. The molecular weight excluding hydrogens is 849 g/mol. The number of hydrogen-bond acceptors (Lipinski definition) is 15. The maximum absolute atomic E-state index is 13.3. The quantitative estimate of drug-likeness (QED) is 0.0833. The van der Waals surface area contributed by atoms with Crippen LogP contribution in [0.3, 0.4) is 0 Å².